The van der Waals surface area contributed by atoms with Crippen molar-refractivity contribution in [2.45, 2.75) is 25.9 Å². The Bertz CT molecular complexity index is 302. The van der Waals surface area contributed by atoms with Crippen LogP contribution in [0.2, 0.25) is 0 Å². The Morgan fingerprint density at radius 3 is 3.00 bits per heavy atom. The summed E-state index contributed by atoms with van der Waals surface area (Å²) in [4.78, 5) is 0. The minimum absolute atomic E-state index is 0.189. The Kier molecular flexibility index (Phi) is 1.36. The Morgan fingerprint density at radius 2 is 2.23 bits per heavy atom. The van der Waals surface area contributed by atoms with Gasteiger partial charge < -0.3 is 5.11 Å². The SMILES string of the molecule is C=C1C(O)C2CC1C1C(C)=CCC21. The normalized spacial score (nSPS) is 52.6. The van der Waals surface area contributed by atoms with E-state index in [0.29, 0.717) is 11.8 Å². The summed E-state index contributed by atoms with van der Waals surface area (Å²) in [6, 6.07) is 0. The van der Waals surface area contributed by atoms with Gasteiger partial charge in [-0.1, -0.05) is 18.2 Å². The number of aliphatic hydroxyl groups is 1. The van der Waals surface area contributed by atoms with Crippen molar-refractivity contribution >= 4 is 0 Å². The molecule has 1 heteroatoms. The van der Waals surface area contributed by atoms with E-state index in [2.05, 4.69) is 19.6 Å². The molecular weight excluding hydrogens is 160 g/mol. The highest BCUT2D eigenvalue weighted by molar-refractivity contribution is 5.32. The van der Waals surface area contributed by atoms with Gasteiger partial charge in [0.25, 0.3) is 0 Å². The first kappa shape index (κ1) is 7.81. The number of rotatable bonds is 0. The first-order valence-corrected chi connectivity index (χ1v) is 5.23. The molecule has 0 spiro atoms. The van der Waals surface area contributed by atoms with E-state index in [1.165, 1.54) is 12.8 Å². The molecule has 3 rings (SSSR count). The third-order valence-electron chi connectivity index (χ3n) is 4.47. The van der Waals surface area contributed by atoms with E-state index in [9.17, 15) is 5.11 Å². The lowest BCUT2D eigenvalue weighted by Crippen LogP contribution is -2.30. The monoisotopic (exact) mass is 176 g/mol. The molecule has 0 amide bonds. The number of hydrogen-bond donors (Lipinski definition) is 1. The van der Waals surface area contributed by atoms with Gasteiger partial charge in [0.05, 0.1) is 6.10 Å². The minimum atomic E-state index is -0.189. The molecule has 1 nitrogen and oxygen atoms in total. The second-order valence-corrected chi connectivity index (χ2v) is 4.90. The van der Waals surface area contributed by atoms with Gasteiger partial charge in [0.2, 0.25) is 0 Å². The summed E-state index contributed by atoms with van der Waals surface area (Å²) < 4.78 is 0. The highest BCUT2D eigenvalue weighted by Gasteiger charge is 2.55. The molecule has 0 saturated heterocycles. The number of hydrogen-bond acceptors (Lipinski definition) is 1. The van der Waals surface area contributed by atoms with E-state index in [4.69, 9.17) is 0 Å². The van der Waals surface area contributed by atoms with Crippen LogP contribution in [0.25, 0.3) is 0 Å². The van der Waals surface area contributed by atoms with Gasteiger partial charge in [-0.2, -0.15) is 0 Å². The van der Waals surface area contributed by atoms with E-state index >= 15 is 0 Å². The van der Waals surface area contributed by atoms with Gasteiger partial charge in [-0.15, -0.1) is 0 Å². The van der Waals surface area contributed by atoms with Gasteiger partial charge in [0, 0.05) is 0 Å². The average Bonchev–Trinajstić information content (AvgIpc) is 2.70. The molecular formula is C12H16O. The molecule has 1 N–H and O–H groups in total. The molecule has 2 saturated carbocycles. The molecule has 3 aliphatic carbocycles. The third-order valence-corrected chi connectivity index (χ3v) is 4.47. The number of allylic oxidation sites excluding steroid dienone is 2. The second-order valence-electron chi connectivity index (χ2n) is 4.90. The maximum Gasteiger partial charge on any atom is 0.0781 e. The molecule has 0 aromatic carbocycles. The van der Waals surface area contributed by atoms with Crippen molar-refractivity contribution in [2.75, 3.05) is 0 Å². The first-order valence-electron chi connectivity index (χ1n) is 5.23. The zero-order valence-corrected chi connectivity index (χ0v) is 8.03. The molecule has 3 aliphatic rings. The van der Waals surface area contributed by atoms with Crippen LogP contribution in [0.15, 0.2) is 23.8 Å². The molecule has 70 valence electrons. The highest BCUT2D eigenvalue weighted by atomic mass is 16.3. The van der Waals surface area contributed by atoms with Gasteiger partial charge in [-0.3, -0.25) is 0 Å². The Morgan fingerprint density at radius 1 is 1.46 bits per heavy atom. The van der Waals surface area contributed by atoms with Crippen molar-refractivity contribution in [1.82, 2.24) is 0 Å². The summed E-state index contributed by atoms with van der Waals surface area (Å²) in [5.41, 5.74) is 2.66. The fourth-order valence-electron chi connectivity index (χ4n) is 3.85. The van der Waals surface area contributed by atoms with Crippen molar-refractivity contribution < 1.29 is 5.11 Å². The van der Waals surface area contributed by atoms with Crippen molar-refractivity contribution in [1.29, 1.82) is 0 Å². The molecule has 0 aromatic heterocycles. The topological polar surface area (TPSA) is 20.2 Å². The zero-order valence-electron chi connectivity index (χ0n) is 8.03. The molecule has 0 heterocycles. The summed E-state index contributed by atoms with van der Waals surface area (Å²) in [6.07, 6.45) is 4.56. The maximum atomic E-state index is 9.90. The minimum Gasteiger partial charge on any atom is -0.388 e. The lowest BCUT2D eigenvalue weighted by atomic mass is 9.75. The number of aliphatic hydroxyl groups excluding tert-OH is 1. The van der Waals surface area contributed by atoms with Gasteiger partial charge in [0.1, 0.15) is 0 Å². The van der Waals surface area contributed by atoms with Crippen LogP contribution < -0.4 is 0 Å². The van der Waals surface area contributed by atoms with Crippen LogP contribution in [0, 0.1) is 23.7 Å². The summed E-state index contributed by atoms with van der Waals surface area (Å²) in [5, 5.41) is 9.90. The van der Waals surface area contributed by atoms with E-state index < -0.39 is 0 Å². The lowest BCUT2D eigenvalue weighted by molar-refractivity contribution is 0.109. The predicted molar refractivity (Wildman–Crippen MR) is 52.1 cm³/mol. The van der Waals surface area contributed by atoms with E-state index in [0.717, 1.165) is 17.4 Å². The molecule has 0 radical (unpaired) electrons. The smallest absolute Gasteiger partial charge is 0.0781 e. The van der Waals surface area contributed by atoms with Gasteiger partial charge in [-0.25, -0.2) is 0 Å². The van der Waals surface area contributed by atoms with Crippen LogP contribution in [0.3, 0.4) is 0 Å². The molecule has 2 bridgehead atoms. The van der Waals surface area contributed by atoms with Crippen molar-refractivity contribution in [3.63, 3.8) is 0 Å². The molecule has 0 aliphatic heterocycles. The molecule has 2 fully saturated rings. The fourth-order valence-corrected chi connectivity index (χ4v) is 3.85. The fraction of sp³-hybridized carbons (Fsp3) is 0.667. The summed E-state index contributed by atoms with van der Waals surface area (Å²) >= 11 is 0. The second kappa shape index (κ2) is 2.27. The van der Waals surface area contributed by atoms with Crippen LogP contribution in [0.1, 0.15) is 19.8 Å². The van der Waals surface area contributed by atoms with Crippen molar-refractivity contribution in [2.24, 2.45) is 23.7 Å². The largest absolute Gasteiger partial charge is 0.388 e. The average molecular weight is 176 g/mol. The Hall–Kier alpha value is -0.560. The summed E-state index contributed by atoms with van der Waals surface area (Å²) in [6.45, 7) is 6.28. The Balaban J connectivity index is 2.00. The van der Waals surface area contributed by atoms with Gasteiger partial charge in [-0.05, 0) is 49.0 Å². The van der Waals surface area contributed by atoms with Crippen LogP contribution in [0.4, 0.5) is 0 Å². The highest BCUT2D eigenvalue weighted by Crippen LogP contribution is 2.60. The maximum absolute atomic E-state index is 9.90. The molecule has 5 unspecified atom stereocenters. The summed E-state index contributed by atoms with van der Waals surface area (Å²) in [5.74, 6) is 2.60. The van der Waals surface area contributed by atoms with Gasteiger partial charge >= 0.3 is 0 Å². The molecule has 5 atom stereocenters. The van der Waals surface area contributed by atoms with Crippen LogP contribution in [0.5, 0.6) is 0 Å². The van der Waals surface area contributed by atoms with Crippen LogP contribution in [-0.4, -0.2) is 11.2 Å². The Labute approximate surface area is 79.2 Å². The lowest BCUT2D eigenvalue weighted by Gasteiger charge is -2.31. The van der Waals surface area contributed by atoms with Crippen LogP contribution in [-0.2, 0) is 0 Å². The van der Waals surface area contributed by atoms with Crippen molar-refractivity contribution in [3.8, 4) is 0 Å². The molecule has 0 aromatic rings. The van der Waals surface area contributed by atoms with E-state index in [1.54, 1.807) is 5.57 Å². The summed E-state index contributed by atoms with van der Waals surface area (Å²) in [7, 11) is 0. The standard InChI is InChI=1S/C12H16O/c1-6-3-4-8-10-5-9(11(6)8)7(2)12(10)13/h3,8-13H,2,4-5H2,1H3. The number of fused-ring (bicyclic) bond motifs is 5. The quantitative estimate of drug-likeness (QED) is 0.561. The predicted octanol–water partition coefficient (Wildman–Crippen LogP) is 2.14. The van der Waals surface area contributed by atoms with E-state index in [1.807, 2.05) is 0 Å². The third kappa shape index (κ3) is 0.768. The molecule has 13 heavy (non-hydrogen) atoms. The van der Waals surface area contributed by atoms with Crippen molar-refractivity contribution in [3.05, 3.63) is 23.8 Å². The zero-order chi connectivity index (χ0) is 9.16. The van der Waals surface area contributed by atoms with E-state index in [-0.39, 0.29) is 6.10 Å². The first-order chi connectivity index (χ1) is 6.20. The van der Waals surface area contributed by atoms with Gasteiger partial charge in [0.15, 0.2) is 0 Å². The van der Waals surface area contributed by atoms with Crippen LogP contribution >= 0.6 is 0 Å².